The van der Waals surface area contributed by atoms with Crippen molar-refractivity contribution < 1.29 is 52.6 Å². The molecule has 12 aromatic rings. The molecule has 2 aliphatic rings. The van der Waals surface area contributed by atoms with Crippen LogP contribution in [0.5, 0.6) is 0 Å². The number of aromatic nitrogens is 8. The van der Waals surface area contributed by atoms with Gasteiger partial charge in [0, 0.05) is 101 Å². The van der Waals surface area contributed by atoms with Gasteiger partial charge in [0.1, 0.15) is 74.8 Å². The number of carbonyl (C=O) groups excluding carboxylic acids is 9. The molecule has 2 fully saturated rings. The van der Waals surface area contributed by atoms with Crippen molar-refractivity contribution in [2.75, 3.05) is 69.0 Å². The van der Waals surface area contributed by atoms with Gasteiger partial charge in [-0.1, -0.05) is 198 Å². The van der Waals surface area contributed by atoms with Crippen LogP contribution >= 0.6 is 0 Å². The second-order valence-corrected chi connectivity index (χ2v) is 32.8. The number of ether oxygens (including phenoxy) is 2. The molecule has 0 aliphatic carbocycles. The fourth-order valence-electron chi connectivity index (χ4n) is 14.3. The Morgan fingerprint density at radius 2 is 0.674 bits per heavy atom. The van der Waals surface area contributed by atoms with Crippen LogP contribution in [0.15, 0.2) is 194 Å². The van der Waals surface area contributed by atoms with Gasteiger partial charge in [-0.05, 0) is 96.5 Å². The standard InChI is InChI=1S/C25H30N6O3.C25H29N5O3.C24H27N5O3.C22H22N6O2/c1-17-4-2-3-5-20(17)25(33)28-16-18-6-8-19(9-7-18)22-21(24(27)32)23(26)31(29-22)11-10-30-12-14-34-15-13-30;1-15-7-5-6-8-18(15)24(33)28-13-16-9-11-17(12-10-16)21-20(23(27)32)22(26)30(29-21)14-19(31)25(2,3)4;1-15-5-3-4-6-18(15)23(31)27-11-16-7-9-17(10-8-16)20-19(22(26)30)21(25)29(28-20)12-24(2)13-32-14-24;1-14-5-2-3-6-17(14)22(30)26-13-15-7-9-16(10-8-15)19-18(21(25)29)20(24)28(27-19)12-4-11-23/h2-9H,10-16,26H2,1H3,(H2,27,32)(H,28,33);5-12H,13-14,26H2,1-4H3,(H2,27,32)(H,28,33);3-10H,11-14,25H2,1-2H3,(H2,26,30)(H,27,31);2-3,5-10H,4,12-13,24H2,1H3,(H2,25,29)(H,26,30). The molecule has 6 heterocycles. The second kappa shape index (κ2) is 42.5. The van der Waals surface area contributed by atoms with E-state index in [4.69, 9.17) is 60.6 Å². The minimum atomic E-state index is -0.716. The first-order valence-corrected chi connectivity index (χ1v) is 41.8. The third-order valence-corrected chi connectivity index (χ3v) is 22.0. The Bertz CT molecular complexity index is 6140. The Morgan fingerprint density at radius 3 is 0.953 bits per heavy atom. The van der Waals surface area contributed by atoms with Crippen LogP contribution in [0.3, 0.4) is 0 Å². The third-order valence-electron chi connectivity index (χ3n) is 22.0. The van der Waals surface area contributed by atoms with E-state index in [9.17, 15) is 43.2 Å². The summed E-state index contributed by atoms with van der Waals surface area (Å²) >= 11 is 0. The summed E-state index contributed by atoms with van der Waals surface area (Å²) in [4.78, 5) is 113. The molecule has 33 nitrogen and oxygen atoms in total. The fraction of sp³-hybridized carbons (Fsp3) is 0.271. The van der Waals surface area contributed by atoms with Gasteiger partial charge in [0.25, 0.3) is 47.3 Å². The van der Waals surface area contributed by atoms with E-state index < -0.39 is 29.0 Å². The molecule has 668 valence electrons. The zero-order valence-electron chi connectivity index (χ0n) is 73.4. The molecule has 129 heavy (non-hydrogen) atoms. The molecule has 0 atom stereocenters. The molecule has 4 aromatic heterocycles. The van der Waals surface area contributed by atoms with Crippen LogP contribution in [0.25, 0.3) is 45.0 Å². The fourth-order valence-corrected chi connectivity index (χ4v) is 14.3. The first-order valence-electron chi connectivity index (χ1n) is 41.8. The van der Waals surface area contributed by atoms with Gasteiger partial charge in [0.15, 0.2) is 5.78 Å². The number of carbonyl (C=O) groups is 9. The Balaban J connectivity index is 0.000000167. The summed E-state index contributed by atoms with van der Waals surface area (Å²) in [5.41, 5.74) is 61.1. The summed E-state index contributed by atoms with van der Waals surface area (Å²) in [6.07, 6.45) is 0.211. The number of nitrogen functional groups attached to an aromatic ring is 4. The van der Waals surface area contributed by atoms with Crippen molar-refractivity contribution in [2.24, 2.45) is 33.8 Å². The van der Waals surface area contributed by atoms with Gasteiger partial charge in [-0.2, -0.15) is 25.7 Å². The topological polar surface area (TPSA) is 527 Å². The molecule has 14 rings (SSSR count). The van der Waals surface area contributed by atoms with Crippen LogP contribution in [-0.4, -0.2) is 143 Å². The zero-order chi connectivity index (χ0) is 93.0. The second-order valence-electron chi connectivity index (χ2n) is 32.8. The molecular weight excluding hydrogens is 1640 g/mol. The van der Waals surface area contributed by atoms with Crippen molar-refractivity contribution >= 4 is 76.3 Å². The summed E-state index contributed by atoms with van der Waals surface area (Å²) in [7, 11) is 0. The number of morpholine rings is 1. The van der Waals surface area contributed by atoms with Crippen molar-refractivity contribution in [1.29, 1.82) is 5.26 Å². The van der Waals surface area contributed by atoms with Crippen LogP contribution < -0.4 is 67.1 Å². The number of nitriles is 1. The van der Waals surface area contributed by atoms with Gasteiger partial charge in [-0.25, -0.2) is 18.7 Å². The molecule has 0 unspecified atom stereocenters. The molecule has 33 heteroatoms. The first kappa shape index (κ1) is 94.3. The Hall–Kier alpha value is -15.4. The maximum atomic E-state index is 12.5. The number of hydrogen-bond donors (Lipinski definition) is 12. The number of nitrogens with two attached hydrogens (primary N) is 8. The predicted molar refractivity (Wildman–Crippen MR) is 493 cm³/mol. The number of nitrogens with one attached hydrogen (secondary N) is 4. The SMILES string of the molecule is Cc1ccccc1C(=O)NCc1ccc(-c2nn(CC(=O)C(C)(C)C)c(N)c2C(N)=O)cc1.Cc1ccccc1C(=O)NCc1ccc(-c2nn(CC3(C)COC3)c(N)c2C(N)=O)cc1.Cc1ccccc1C(=O)NCc1ccc(-c2nn(CCC#N)c(N)c2C(N)=O)cc1.Cc1ccccc1C(=O)NCc1ccc(-c2nn(CCN3CCOCC3)c(N)c2C(N)=O)cc1. The number of benzene rings is 8. The van der Waals surface area contributed by atoms with Gasteiger partial charge in [0.2, 0.25) is 0 Å². The van der Waals surface area contributed by atoms with Crippen LogP contribution in [0.2, 0.25) is 0 Å². The molecule has 0 saturated carbocycles. The van der Waals surface area contributed by atoms with E-state index in [-0.39, 0.29) is 99.9 Å². The van der Waals surface area contributed by atoms with E-state index in [1.807, 2.05) is 200 Å². The summed E-state index contributed by atoms with van der Waals surface area (Å²) in [6.45, 7) is 23.0. The smallest absolute Gasteiger partial charge is 0.254 e. The Kier molecular flexibility index (Phi) is 31.1. The number of nitrogens with zero attached hydrogens (tertiary/aromatic N) is 10. The average Bonchev–Trinajstić information content (AvgIpc) is 1.64. The Morgan fingerprint density at radius 1 is 0.395 bits per heavy atom. The lowest BCUT2D eigenvalue weighted by Gasteiger charge is -2.37. The lowest BCUT2D eigenvalue weighted by molar-refractivity contribution is -0.127. The number of rotatable bonds is 29. The van der Waals surface area contributed by atoms with E-state index in [0.717, 1.165) is 75.3 Å². The molecule has 2 saturated heterocycles. The lowest BCUT2D eigenvalue weighted by Crippen LogP contribution is -2.43. The maximum absolute atomic E-state index is 12.5. The van der Waals surface area contributed by atoms with Gasteiger partial charge in [0.05, 0.1) is 58.6 Å². The summed E-state index contributed by atoms with van der Waals surface area (Å²) in [5, 5.41) is 38.4. The number of ketones is 1. The molecule has 0 radical (unpaired) electrons. The quantitative estimate of drug-likeness (QED) is 0.0207. The van der Waals surface area contributed by atoms with Crippen molar-refractivity contribution in [3.8, 4) is 51.1 Å². The van der Waals surface area contributed by atoms with E-state index in [1.165, 1.54) is 9.36 Å². The predicted octanol–water partition coefficient (Wildman–Crippen LogP) is 9.78. The number of hydrogen-bond acceptors (Lipinski definition) is 21. The number of aryl methyl sites for hydroxylation is 5. The van der Waals surface area contributed by atoms with Gasteiger partial charge >= 0.3 is 0 Å². The number of amides is 8. The van der Waals surface area contributed by atoms with Crippen LogP contribution in [0.4, 0.5) is 23.3 Å². The molecule has 0 spiro atoms. The maximum Gasteiger partial charge on any atom is 0.254 e. The zero-order valence-corrected chi connectivity index (χ0v) is 73.4. The summed E-state index contributed by atoms with van der Waals surface area (Å²) in [6, 6.07) is 61.1. The van der Waals surface area contributed by atoms with Crippen molar-refractivity contribution in [2.45, 2.75) is 114 Å². The Labute approximate surface area is 746 Å². The van der Waals surface area contributed by atoms with Crippen LogP contribution in [-0.2, 0) is 66.6 Å². The highest BCUT2D eigenvalue weighted by Gasteiger charge is 2.36. The molecule has 8 aromatic carbocycles. The minimum absolute atomic E-state index is 0.0569. The van der Waals surface area contributed by atoms with Gasteiger partial charge < -0.3 is 76.6 Å². The van der Waals surface area contributed by atoms with Crippen LogP contribution in [0.1, 0.15) is 161 Å². The average molecular weight is 1750 g/mol. The van der Waals surface area contributed by atoms with Crippen molar-refractivity contribution in [3.05, 3.63) is 283 Å². The normalized spacial score (nSPS) is 12.6. The van der Waals surface area contributed by atoms with Crippen LogP contribution in [0, 0.1) is 49.9 Å². The highest BCUT2D eigenvalue weighted by molar-refractivity contribution is 6.06. The molecule has 0 bridgehead atoms. The van der Waals surface area contributed by atoms with E-state index in [0.29, 0.717) is 122 Å². The third kappa shape index (κ3) is 23.8. The van der Waals surface area contributed by atoms with E-state index in [2.05, 4.69) is 53.5 Å². The summed E-state index contributed by atoms with van der Waals surface area (Å²) in [5.74, 6) is -2.50. The first-order chi connectivity index (χ1) is 61.6. The number of primary amides is 4. The highest BCUT2D eigenvalue weighted by Crippen LogP contribution is 2.36. The lowest BCUT2D eigenvalue weighted by atomic mass is 9.89. The minimum Gasteiger partial charge on any atom is -0.383 e. The largest absolute Gasteiger partial charge is 0.383 e. The number of Topliss-reactive ketones (excluding diaryl/α,β-unsaturated/α-hetero) is 1. The molecular formula is C96H108N22O11. The molecule has 8 amide bonds. The highest BCUT2D eigenvalue weighted by atomic mass is 16.5. The molecule has 20 N–H and O–H groups in total. The van der Waals surface area contributed by atoms with Crippen molar-refractivity contribution in [3.63, 3.8) is 0 Å². The van der Waals surface area contributed by atoms with Gasteiger partial charge in [-0.15, -0.1) is 0 Å². The van der Waals surface area contributed by atoms with Crippen molar-refractivity contribution in [1.82, 2.24) is 65.3 Å². The summed E-state index contributed by atoms with van der Waals surface area (Å²) < 4.78 is 16.7. The molecule has 2 aliphatic heterocycles. The van der Waals surface area contributed by atoms with E-state index in [1.54, 1.807) is 57.9 Å². The monoisotopic (exact) mass is 1740 g/mol. The van der Waals surface area contributed by atoms with Gasteiger partial charge in [-0.3, -0.25) is 48.1 Å². The van der Waals surface area contributed by atoms with E-state index >= 15 is 0 Å². The number of anilines is 4.